The van der Waals surface area contributed by atoms with Crippen LogP contribution in [0.4, 0.5) is 0 Å². The molecule has 0 spiro atoms. The number of benzene rings is 1. The summed E-state index contributed by atoms with van der Waals surface area (Å²) in [5, 5.41) is 8.51. The number of hydrogen-bond donors (Lipinski definition) is 0. The first-order valence-corrected chi connectivity index (χ1v) is 10.5. The highest BCUT2D eigenvalue weighted by molar-refractivity contribution is 5.94. The molecule has 150 valence electrons. The summed E-state index contributed by atoms with van der Waals surface area (Å²) >= 11 is 0. The quantitative estimate of drug-likeness (QED) is 0.673. The van der Waals surface area contributed by atoms with Crippen molar-refractivity contribution < 1.29 is 4.79 Å². The molecule has 0 fully saturated rings. The van der Waals surface area contributed by atoms with Crippen LogP contribution in [0.5, 0.6) is 0 Å². The van der Waals surface area contributed by atoms with Crippen LogP contribution in [0.3, 0.4) is 0 Å². The lowest BCUT2D eigenvalue weighted by Gasteiger charge is -2.33. The van der Waals surface area contributed by atoms with Gasteiger partial charge in [0.1, 0.15) is 17.3 Å². The number of nitrogens with zero attached hydrogens (tertiary/aromatic N) is 6. The topological polar surface area (TPSA) is 68.8 Å². The van der Waals surface area contributed by atoms with Crippen molar-refractivity contribution in [3.05, 3.63) is 53.4 Å². The number of rotatable bonds is 2. The van der Waals surface area contributed by atoms with Gasteiger partial charge in [-0.25, -0.2) is 4.98 Å². The fourth-order valence-corrected chi connectivity index (χ4v) is 4.64. The second-order valence-electron chi connectivity index (χ2n) is 7.99. The first kappa shape index (κ1) is 18.1. The lowest BCUT2D eigenvalue weighted by Crippen LogP contribution is -2.42. The van der Waals surface area contributed by atoms with Crippen molar-refractivity contribution >= 4 is 5.91 Å². The molecule has 2 aliphatic rings. The molecule has 0 radical (unpaired) electrons. The number of carbonyl (C=O) groups is 1. The van der Waals surface area contributed by atoms with Crippen LogP contribution in [0.1, 0.15) is 60.1 Å². The zero-order valence-corrected chi connectivity index (χ0v) is 17.0. The van der Waals surface area contributed by atoms with Gasteiger partial charge in [0.25, 0.3) is 5.91 Å². The van der Waals surface area contributed by atoms with Gasteiger partial charge in [-0.15, -0.1) is 10.2 Å². The monoisotopic (exact) mass is 390 g/mol. The molecule has 5 rings (SSSR count). The van der Waals surface area contributed by atoms with E-state index in [1.165, 1.54) is 6.42 Å². The Labute approximate surface area is 170 Å². The average Bonchev–Trinajstić information content (AvgIpc) is 3.20. The number of aryl methyl sites for hydroxylation is 1. The summed E-state index contributed by atoms with van der Waals surface area (Å²) in [4.78, 5) is 20.5. The maximum absolute atomic E-state index is 13.6. The van der Waals surface area contributed by atoms with E-state index in [1.807, 2.05) is 36.9 Å². The van der Waals surface area contributed by atoms with E-state index in [-0.39, 0.29) is 11.9 Å². The highest BCUT2D eigenvalue weighted by Crippen LogP contribution is 2.31. The van der Waals surface area contributed by atoms with Crippen LogP contribution in [0.2, 0.25) is 0 Å². The van der Waals surface area contributed by atoms with E-state index < -0.39 is 0 Å². The summed E-state index contributed by atoms with van der Waals surface area (Å²) < 4.78 is 4.38. The van der Waals surface area contributed by atoms with Gasteiger partial charge < -0.3 is 14.0 Å². The smallest absolute Gasteiger partial charge is 0.275 e. The van der Waals surface area contributed by atoms with E-state index in [1.54, 1.807) is 0 Å². The summed E-state index contributed by atoms with van der Waals surface area (Å²) in [6.07, 6.45) is 4.31. The summed E-state index contributed by atoms with van der Waals surface area (Å²) in [7, 11) is 0. The SMILES string of the molecule is Cc1nnc2n1CCN(C(=O)c1nc(-c3ccccc3)n3c1CCCCC3)C2C. The van der Waals surface area contributed by atoms with Crippen molar-refractivity contribution in [3.63, 3.8) is 0 Å². The summed E-state index contributed by atoms with van der Waals surface area (Å²) in [6.45, 7) is 6.29. The molecule has 2 aromatic heterocycles. The Bertz CT molecular complexity index is 1050. The third-order valence-electron chi connectivity index (χ3n) is 6.23. The standard InChI is InChI=1S/C22H26N6O/c1-15-20-25-24-16(2)27(20)14-13-26(15)22(29)19-18-11-7-4-8-12-28(18)21(23-19)17-9-5-3-6-10-17/h3,5-6,9-10,15H,4,7-8,11-14H2,1-2H3. The summed E-state index contributed by atoms with van der Waals surface area (Å²) in [5.74, 6) is 2.68. The second-order valence-corrected chi connectivity index (χ2v) is 7.99. The van der Waals surface area contributed by atoms with Gasteiger partial charge in [-0.2, -0.15) is 0 Å². The van der Waals surface area contributed by atoms with E-state index in [0.29, 0.717) is 12.2 Å². The highest BCUT2D eigenvalue weighted by Gasteiger charge is 2.34. The number of aromatic nitrogens is 5. The van der Waals surface area contributed by atoms with Crippen molar-refractivity contribution in [1.29, 1.82) is 0 Å². The van der Waals surface area contributed by atoms with Crippen LogP contribution in [-0.2, 0) is 19.5 Å². The molecule has 3 aromatic rings. The Morgan fingerprint density at radius 3 is 2.66 bits per heavy atom. The fourth-order valence-electron chi connectivity index (χ4n) is 4.64. The predicted octanol–water partition coefficient (Wildman–Crippen LogP) is 3.39. The molecule has 0 saturated heterocycles. The number of carbonyl (C=O) groups excluding carboxylic acids is 1. The minimum atomic E-state index is -0.110. The van der Waals surface area contributed by atoms with Crippen molar-refractivity contribution in [1.82, 2.24) is 29.2 Å². The number of fused-ring (bicyclic) bond motifs is 2. The molecule has 29 heavy (non-hydrogen) atoms. The Balaban J connectivity index is 1.56. The van der Waals surface area contributed by atoms with E-state index in [2.05, 4.69) is 31.5 Å². The Hall–Kier alpha value is -2.96. The number of hydrogen-bond acceptors (Lipinski definition) is 4. The zero-order valence-electron chi connectivity index (χ0n) is 17.0. The highest BCUT2D eigenvalue weighted by atomic mass is 16.2. The summed E-state index contributed by atoms with van der Waals surface area (Å²) in [5.41, 5.74) is 2.76. The van der Waals surface area contributed by atoms with Crippen LogP contribution < -0.4 is 0 Å². The van der Waals surface area contributed by atoms with Gasteiger partial charge in [0.15, 0.2) is 5.82 Å². The van der Waals surface area contributed by atoms with E-state index in [9.17, 15) is 4.79 Å². The summed E-state index contributed by atoms with van der Waals surface area (Å²) in [6, 6.07) is 10.1. The molecule has 1 unspecified atom stereocenters. The molecule has 7 nitrogen and oxygen atoms in total. The van der Waals surface area contributed by atoms with Crippen molar-refractivity contribution in [2.75, 3.05) is 6.54 Å². The number of amides is 1. The van der Waals surface area contributed by atoms with E-state index in [0.717, 1.165) is 61.1 Å². The largest absolute Gasteiger partial charge is 0.327 e. The van der Waals surface area contributed by atoms with Gasteiger partial charge in [0, 0.05) is 25.2 Å². The van der Waals surface area contributed by atoms with Crippen LogP contribution >= 0.6 is 0 Å². The minimum Gasteiger partial charge on any atom is -0.327 e. The maximum atomic E-state index is 13.6. The zero-order chi connectivity index (χ0) is 20.0. The van der Waals surface area contributed by atoms with Gasteiger partial charge >= 0.3 is 0 Å². The minimum absolute atomic E-state index is 0.0113. The first-order chi connectivity index (χ1) is 14.1. The molecule has 1 atom stereocenters. The lowest BCUT2D eigenvalue weighted by atomic mass is 10.1. The molecule has 1 aromatic carbocycles. The van der Waals surface area contributed by atoms with Crippen LogP contribution in [0.15, 0.2) is 30.3 Å². The molecule has 7 heteroatoms. The molecule has 0 aliphatic carbocycles. The van der Waals surface area contributed by atoms with Gasteiger partial charge in [-0.1, -0.05) is 36.8 Å². The first-order valence-electron chi connectivity index (χ1n) is 10.5. The third kappa shape index (κ3) is 2.96. The Morgan fingerprint density at radius 2 is 1.83 bits per heavy atom. The molecule has 0 N–H and O–H groups in total. The third-order valence-corrected chi connectivity index (χ3v) is 6.23. The van der Waals surface area contributed by atoms with E-state index in [4.69, 9.17) is 4.98 Å². The van der Waals surface area contributed by atoms with Gasteiger partial charge in [-0.3, -0.25) is 4.79 Å². The van der Waals surface area contributed by atoms with Crippen LogP contribution in [0, 0.1) is 6.92 Å². The van der Waals surface area contributed by atoms with Crippen LogP contribution in [0.25, 0.3) is 11.4 Å². The van der Waals surface area contributed by atoms with Gasteiger partial charge in [-0.05, 0) is 33.1 Å². The predicted molar refractivity (Wildman–Crippen MR) is 109 cm³/mol. The molecule has 0 bridgehead atoms. The fraction of sp³-hybridized carbons (Fsp3) is 0.455. The van der Waals surface area contributed by atoms with Gasteiger partial charge in [0.2, 0.25) is 0 Å². The Morgan fingerprint density at radius 1 is 1.00 bits per heavy atom. The Kier molecular flexibility index (Phi) is 4.45. The number of imidazole rings is 1. The normalized spacial score (nSPS) is 18.8. The lowest BCUT2D eigenvalue weighted by molar-refractivity contribution is 0.0629. The van der Waals surface area contributed by atoms with E-state index >= 15 is 0 Å². The maximum Gasteiger partial charge on any atom is 0.275 e. The molecular formula is C22H26N6O. The molecule has 2 aliphatic heterocycles. The van der Waals surface area contributed by atoms with Crippen molar-refractivity contribution in [3.8, 4) is 11.4 Å². The molecule has 1 amide bonds. The van der Waals surface area contributed by atoms with Crippen molar-refractivity contribution in [2.24, 2.45) is 0 Å². The average molecular weight is 390 g/mol. The van der Waals surface area contributed by atoms with Gasteiger partial charge in [0.05, 0.1) is 11.7 Å². The molecule has 4 heterocycles. The molecular weight excluding hydrogens is 364 g/mol. The second kappa shape index (κ2) is 7.13. The van der Waals surface area contributed by atoms with Crippen LogP contribution in [-0.4, -0.2) is 41.7 Å². The molecule has 0 saturated carbocycles. The van der Waals surface area contributed by atoms with Crippen molar-refractivity contribution in [2.45, 2.75) is 58.7 Å².